The van der Waals surface area contributed by atoms with Gasteiger partial charge in [0.1, 0.15) is 5.15 Å². The first-order valence-electron chi connectivity index (χ1n) is 7.71. The molecule has 22 heavy (non-hydrogen) atoms. The van der Waals surface area contributed by atoms with Crippen LogP contribution in [0, 0.1) is 0 Å². The summed E-state index contributed by atoms with van der Waals surface area (Å²) in [5.41, 5.74) is 3.23. The van der Waals surface area contributed by atoms with Crippen molar-refractivity contribution < 1.29 is 0 Å². The Morgan fingerprint density at radius 2 is 1.86 bits per heavy atom. The molecule has 0 aliphatic carbocycles. The number of hydrogen-bond donors (Lipinski definition) is 0. The van der Waals surface area contributed by atoms with Crippen LogP contribution < -0.4 is 0 Å². The molecule has 0 bridgehead atoms. The molecule has 0 saturated heterocycles. The van der Waals surface area contributed by atoms with E-state index >= 15 is 0 Å². The van der Waals surface area contributed by atoms with E-state index in [1.54, 1.807) is 6.20 Å². The van der Waals surface area contributed by atoms with Gasteiger partial charge in [-0.3, -0.25) is 4.98 Å². The fourth-order valence-corrected chi connectivity index (χ4v) is 1.85. The van der Waals surface area contributed by atoms with Gasteiger partial charge in [-0.1, -0.05) is 61.9 Å². The number of hydrogen-bond acceptors (Lipinski definition) is 2. The van der Waals surface area contributed by atoms with E-state index in [1.807, 2.05) is 45.9 Å². The lowest BCUT2D eigenvalue weighted by Crippen LogP contribution is -1.95. The molecule has 0 fully saturated rings. The molecule has 0 atom stereocenters. The molecule has 0 saturated carbocycles. The zero-order valence-electron chi connectivity index (χ0n) is 14.3. The highest BCUT2D eigenvalue weighted by Crippen LogP contribution is 2.10. The summed E-state index contributed by atoms with van der Waals surface area (Å²) in [6.07, 6.45) is 17.9. The van der Waals surface area contributed by atoms with Gasteiger partial charge in [-0.2, -0.15) is 0 Å². The van der Waals surface area contributed by atoms with Crippen molar-refractivity contribution >= 4 is 17.7 Å². The van der Waals surface area contributed by atoms with Crippen molar-refractivity contribution in [2.75, 3.05) is 0 Å². The second kappa shape index (κ2) is 13.0. The number of nitrogens with zero attached hydrogens (tertiary/aromatic N) is 2. The summed E-state index contributed by atoms with van der Waals surface area (Å²) >= 11 is 5.70. The number of aryl methyl sites for hydroxylation is 1. The summed E-state index contributed by atoms with van der Waals surface area (Å²) in [6.45, 7) is 10.2. The molecular formula is C19H27ClN2. The zero-order chi connectivity index (χ0) is 16.8. The molecule has 0 spiro atoms. The lowest BCUT2D eigenvalue weighted by atomic mass is 10.2. The van der Waals surface area contributed by atoms with Crippen molar-refractivity contribution in [2.45, 2.75) is 47.5 Å². The molecule has 0 radical (unpaired) electrons. The summed E-state index contributed by atoms with van der Waals surface area (Å²) in [5, 5.41) is 0.458. The van der Waals surface area contributed by atoms with Gasteiger partial charge in [0.05, 0.1) is 17.6 Å². The smallest absolute Gasteiger partial charge is 0.147 e. The maximum atomic E-state index is 5.70. The third-order valence-corrected chi connectivity index (χ3v) is 2.98. The van der Waals surface area contributed by atoms with Crippen LogP contribution in [0.25, 0.3) is 6.08 Å². The highest BCUT2D eigenvalue weighted by atomic mass is 35.5. The quantitative estimate of drug-likeness (QED) is 0.604. The lowest BCUT2D eigenvalue weighted by molar-refractivity contribution is 0.988. The first-order chi connectivity index (χ1) is 10.6. The van der Waals surface area contributed by atoms with Crippen LogP contribution in [0.4, 0.5) is 0 Å². The van der Waals surface area contributed by atoms with Crippen LogP contribution in [0.5, 0.6) is 0 Å². The van der Waals surface area contributed by atoms with Crippen molar-refractivity contribution in [3.63, 3.8) is 0 Å². The van der Waals surface area contributed by atoms with Crippen LogP contribution in [0.1, 0.15) is 52.4 Å². The zero-order valence-corrected chi connectivity index (χ0v) is 15.1. The topological polar surface area (TPSA) is 25.8 Å². The predicted molar refractivity (Wildman–Crippen MR) is 99.1 cm³/mol. The number of aromatic nitrogens is 2. The highest BCUT2D eigenvalue weighted by Gasteiger charge is 2.00. The van der Waals surface area contributed by atoms with Gasteiger partial charge in [0.2, 0.25) is 0 Å². The van der Waals surface area contributed by atoms with Gasteiger partial charge in [-0.25, -0.2) is 4.98 Å². The maximum Gasteiger partial charge on any atom is 0.147 e. The fraction of sp³-hybridized carbons (Fsp3) is 0.368. The van der Waals surface area contributed by atoms with E-state index in [9.17, 15) is 0 Å². The largest absolute Gasteiger partial charge is 0.252 e. The lowest BCUT2D eigenvalue weighted by Gasteiger charge is -2.00. The normalized spacial score (nSPS) is 12.2. The van der Waals surface area contributed by atoms with E-state index in [2.05, 4.69) is 41.2 Å². The van der Waals surface area contributed by atoms with Crippen LogP contribution in [0.2, 0.25) is 5.15 Å². The Kier molecular flexibility index (Phi) is 12.0. The third kappa shape index (κ3) is 8.58. The second-order valence-electron chi connectivity index (χ2n) is 4.50. The second-order valence-corrected chi connectivity index (χ2v) is 4.89. The summed E-state index contributed by atoms with van der Waals surface area (Å²) in [6, 6.07) is 0. The van der Waals surface area contributed by atoms with Crippen LogP contribution in [-0.4, -0.2) is 9.97 Å². The highest BCUT2D eigenvalue weighted by molar-refractivity contribution is 6.29. The Labute approximate surface area is 140 Å². The standard InChI is InChI=1S/C10H16.C9H11ClN2/c1-4-7-9-10(6-3)8-5-2;1-3-5-8-7(4-2)12-9(10)6-11-8/h4-5,7-9H,6H2,1-3H3;3,5-6H,4H2,1-2H3/b7-4-,8-5-,10-9-;5-3-. The summed E-state index contributed by atoms with van der Waals surface area (Å²) < 4.78 is 0. The van der Waals surface area contributed by atoms with Gasteiger partial charge in [0.25, 0.3) is 0 Å². The minimum absolute atomic E-state index is 0.458. The number of allylic oxidation sites excluding steroid dienone is 7. The molecular weight excluding hydrogens is 292 g/mol. The molecule has 2 nitrogen and oxygen atoms in total. The van der Waals surface area contributed by atoms with Gasteiger partial charge in [0, 0.05) is 0 Å². The van der Waals surface area contributed by atoms with E-state index in [1.165, 1.54) is 5.57 Å². The van der Waals surface area contributed by atoms with Crippen molar-refractivity contribution in [1.82, 2.24) is 9.97 Å². The van der Waals surface area contributed by atoms with E-state index in [-0.39, 0.29) is 0 Å². The van der Waals surface area contributed by atoms with Crippen LogP contribution >= 0.6 is 11.6 Å². The van der Waals surface area contributed by atoms with Gasteiger partial charge >= 0.3 is 0 Å². The number of halogens is 1. The molecule has 1 rings (SSSR count). The molecule has 1 aromatic heterocycles. The molecule has 1 heterocycles. The molecule has 0 aromatic carbocycles. The van der Waals surface area contributed by atoms with Gasteiger partial charge in [-0.05, 0) is 45.3 Å². The van der Waals surface area contributed by atoms with E-state index in [0.717, 1.165) is 24.2 Å². The van der Waals surface area contributed by atoms with E-state index in [0.29, 0.717) is 5.15 Å². The minimum atomic E-state index is 0.458. The van der Waals surface area contributed by atoms with Crippen molar-refractivity contribution in [2.24, 2.45) is 0 Å². The molecule has 0 aliphatic rings. The summed E-state index contributed by atoms with van der Waals surface area (Å²) in [5.74, 6) is 0. The summed E-state index contributed by atoms with van der Waals surface area (Å²) in [4.78, 5) is 8.32. The van der Waals surface area contributed by atoms with Gasteiger partial charge < -0.3 is 0 Å². The average Bonchev–Trinajstić information content (AvgIpc) is 2.54. The Balaban J connectivity index is 0.000000409. The third-order valence-electron chi connectivity index (χ3n) is 2.80. The molecule has 1 aromatic rings. The molecule has 0 aliphatic heterocycles. The van der Waals surface area contributed by atoms with Crippen molar-refractivity contribution in [1.29, 1.82) is 0 Å². The van der Waals surface area contributed by atoms with Crippen LogP contribution in [0.15, 0.2) is 48.2 Å². The van der Waals surface area contributed by atoms with E-state index < -0.39 is 0 Å². The Bertz CT molecular complexity index is 540. The first-order valence-corrected chi connectivity index (χ1v) is 8.09. The van der Waals surface area contributed by atoms with Crippen LogP contribution in [0.3, 0.4) is 0 Å². The fourth-order valence-electron chi connectivity index (χ4n) is 1.69. The van der Waals surface area contributed by atoms with Crippen molar-refractivity contribution in [3.8, 4) is 0 Å². The molecule has 0 amide bonds. The molecule has 120 valence electrons. The minimum Gasteiger partial charge on any atom is -0.252 e. The summed E-state index contributed by atoms with van der Waals surface area (Å²) in [7, 11) is 0. The monoisotopic (exact) mass is 318 g/mol. The van der Waals surface area contributed by atoms with Gasteiger partial charge in [0.15, 0.2) is 0 Å². The number of rotatable bonds is 5. The Morgan fingerprint density at radius 1 is 1.14 bits per heavy atom. The van der Waals surface area contributed by atoms with Crippen LogP contribution in [-0.2, 0) is 6.42 Å². The molecule has 0 N–H and O–H groups in total. The molecule has 3 heteroatoms. The maximum absolute atomic E-state index is 5.70. The average molecular weight is 319 g/mol. The SMILES string of the molecule is C/C=C\c1ncc(Cl)nc1CC.C\C=C/C=C(\C=C/C)CC. The van der Waals surface area contributed by atoms with Crippen molar-refractivity contribution in [3.05, 3.63) is 64.8 Å². The Morgan fingerprint density at radius 3 is 2.36 bits per heavy atom. The van der Waals surface area contributed by atoms with E-state index in [4.69, 9.17) is 11.6 Å². The predicted octanol–water partition coefficient (Wildman–Crippen LogP) is 6.20. The molecule has 0 unspecified atom stereocenters. The first kappa shape index (κ1) is 20.3. The Hall–Kier alpha value is -1.67. The van der Waals surface area contributed by atoms with Gasteiger partial charge in [-0.15, -0.1) is 0 Å².